The van der Waals surface area contributed by atoms with Crippen molar-refractivity contribution in [3.8, 4) is 0 Å². The average Bonchev–Trinajstić information content (AvgIpc) is 3.19. The van der Waals surface area contributed by atoms with E-state index in [-0.39, 0.29) is 0 Å². The molecule has 1 aromatic carbocycles. The number of rotatable bonds is 6. The van der Waals surface area contributed by atoms with Gasteiger partial charge in [-0.1, -0.05) is 19.9 Å². The molecule has 1 aliphatic rings. The first-order valence-corrected chi connectivity index (χ1v) is 8.31. The number of nitrogens with two attached hydrogens (primary N) is 1. The lowest BCUT2D eigenvalue weighted by Gasteiger charge is -2.20. The fraction of sp³-hybridized carbons (Fsp3) is 0.571. The number of anilines is 1. The van der Waals surface area contributed by atoms with Gasteiger partial charge in [-0.05, 0) is 42.9 Å². The van der Waals surface area contributed by atoms with Crippen molar-refractivity contribution in [3.05, 3.63) is 23.8 Å². The monoisotopic (exact) mass is 282 g/mol. The zero-order valence-corrected chi connectivity index (χ0v) is 12.4. The van der Waals surface area contributed by atoms with Crippen molar-refractivity contribution in [1.29, 1.82) is 0 Å². The molecule has 4 nitrogen and oxygen atoms in total. The second-order valence-corrected chi connectivity index (χ2v) is 7.05. The molecule has 0 amide bonds. The van der Waals surface area contributed by atoms with Gasteiger partial charge in [0.25, 0.3) is 0 Å². The summed E-state index contributed by atoms with van der Waals surface area (Å²) < 4.78 is 26.7. The van der Waals surface area contributed by atoms with Crippen LogP contribution in [-0.4, -0.2) is 25.8 Å². The SMILES string of the molecule is CCc1ccc(S(=O)(=O)N(CC)CC2CC2)cc1N. The zero-order chi connectivity index (χ0) is 14.0. The highest BCUT2D eigenvalue weighted by Crippen LogP contribution is 2.32. The minimum atomic E-state index is -3.40. The van der Waals surface area contributed by atoms with Crippen LogP contribution in [0.2, 0.25) is 0 Å². The average molecular weight is 282 g/mol. The molecule has 0 unspecified atom stereocenters. The Kier molecular flexibility index (Phi) is 4.16. The van der Waals surface area contributed by atoms with E-state index < -0.39 is 10.0 Å². The van der Waals surface area contributed by atoms with Gasteiger partial charge in [0.05, 0.1) is 4.90 Å². The molecule has 2 rings (SSSR count). The summed E-state index contributed by atoms with van der Waals surface area (Å²) in [6.07, 6.45) is 3.09. The van der Waals surface area contributed by atoms with Gasteiger partial charge >= 0.3 is 0 Å². The molecule has 2 N–H and O–H groups in total. The first-order valence-electron chi connectivity index (χ1n) is 6.87. The molecule has 0 saturated heterocycles. The molecular formula is C14H22N2O2S. The molecule has 1 aliphatic carbocycles. The summed E-state index contributed by atoms with van der Waals surface area (Å²) in [6.45, 7) is 5.03. The molecule has 1 aromatic rings. The Morgan fingerprint density at radius 2 is 2.00 bits per heavy atom. The molecule has 0 bridgehead atoms. The van der Waals surface area contributed by atoms with Crippen LogP contribution in [0, 0.1) is 5.92 Å². The van der Waals surface area contributed by atoms with Crippen LogP contribution < -0.4 is 5.73 Å². The summed E-state index contributed by atoms with van der Waals surface area (Å²) in [5, 5.41) is 0. The molecular weight excluding hydrogens is 260 g/mol. The van der Waals surface area contributed by atoms with Crippen LogP contribution in [0.25, 0.3) is 0 Å². The quantitative estimate of drug-likeness (QED) is 0.814. The van der Waals surface area contributed by atoms with Gasteiger partial charge in [0.15, 0.2) is 0 Å². The van der Waals surface area contributed by atoms with Gasteiger partial charge in [-0.2, -0.15) is 4.31 Å². The minimum absolute atomic E-state index is 0.310. The summed E-state index contributed by atoms with van der Waals surface area (Å²) in [5.74, 6) is 0.544. The smallest absolute Gasteiger partial charge is 0.243 e. The highest BCUT2D eigenvalue weighted by atomic mass is 32.2. The highest BCUT2D eigenvalue weighted by Gasteiger charge is 2.30. The predicted molar refractivity (Wildman–Crippen MR) is 77.4 cm³/mol. The fourth-order valence-electron chi connectivity index (χ4n) is 2.19. The molecule has 106 valence electrons. The zero-order valence-electron chi connectivity index (χ0n) is 11.6. The molecule has 1 saturated carbocycles. The molecule has 0 heterocycles. The van der Waals surface area contributed by atoms with Crippen LogP contribution in [0.5, 0.6) is 0 Å². The van der Waals surface area contributed by atoms with Crippen molar-refractivity contribution < 1.29 is 8.42 Å². The first-order chi connectivity index (χ1) is 8.98. The van der Waals surface area contributed by atoms with Crippen LogP contribution >= 0.6 is 0 Å². The van der Waals surface area contributed by atoms with Crippen molar-refractivity contribution in [2.75, 3.05) is 18.8 Å². The van der Waals surface area contributed by atoms with Crippen molar-refractivity contribution in [3.63, 3.8) is 0 Å². The number of benzene rings is 1. The fourth-order valence-corrected chi connectivity index (χ4v) is 3.75. The second-order valence-electron chi connectivity index (χ2n) is 5.11. The van der Waals surface area contributed by atoms with Gasteiger partial charge in [-0.25, -0.2) is 8.42 Å². The van der Waals surface area contributed by atoms with Crippen LogP contribution in [0.1, 0.15) is 32.3 Å². The number of hydrogen-bond acceptors (Lipinski definition) is 3. The van der Waals surface area contributed by atoms with E-state index in [9.17, 15) is 8.42 Å². The van der Waals surface area contributed by atoms with Gasteiger partial charge < -0.3 is 5.73 Å². The lowest BCUT2D eigenvalue weighted by Crippen LogP contribution is -2.32. The Bertz CT molecular complexity index is 551. The van der Waals surface area contributed by atoms with E-state index in [1.54, 1.807) is 16.4 Å². The first kappa shape index (κ1) is 14.3. The molecule has 5 heteroatoms. The predicted octanol–water partition coefficient (Wildman–Crippen LogP) is 2.25. The van der Waals surface area contributed by atoms with E-state index in [0.29, 0.717) is 29.6 Å². The lowest BCUT2D eigenvalue weighted by atomic mass is 10.1. The lowest BCUT2D eigenvalue weighted by molar-refractivity contribution is 0.412. The Morgan fingerprint density at radius 1 is 1.32 bits per heavy atom. The summed E-state index contributed by atoms with van der Waals surface area (Å²) in [7, 11) is -3.40. The molecule has 0 aliphatic heterocycles. The number of aryl methyl sites for hydroxylation is 1. The molecule has 0 aromatic heterocycles. The largest absolute Gasteiger partial charge is 0.398 e. The van der Waals surface area contributed by atoms with Gasteiger partial charge in [0.1, 0.15) is 0 Å². The summed E-state index contributed by atoms with van der Waals surface area (Å²) in [4.78, 5) is 0.310. The third-order valence-electron chi connectivity index (χ3n) is 3.65. The summed E-state index contributed by atoms with van der Waals surface area (Å²) in [6, 6.07) is 5.07. The van der Waals surface area contributed by atoms with Crippen LogP contribution in [-0.2, 0) is 16.4 Å². The van der Waals surface area contributed by atoms with E-state index >= 15 is 0 Å². The standard InChI is InChI=1S/C14H22N2O2S/c1-3-12-7-8-13(9-14(12)15)19(17,18)16(4-2)10-11-5-6-11/h7-9,11H,3-6,10,15H2,1-2H3. The Hall–Kier alpha value is -1.07. The van der Waals surface area contributed by atoms with E-state index in [0.717, 1.165) is 24.8 Å². The molecule has 0 spiro atoms. The topological polar surface area (TPSA) is 63.4 Å². The Balaban J connectivity index is 2.28. The minimum Gasteiger partial charge on any atom is -0.398 e. The van der Waals surface area contributed by atoms with Crippen molar-refractivity contribution in [1.82, 2.24) is 4.31 Å². The van der Waals surface area contributed by atoms with E-state index in [1.807, 2.05) is 19.9 Å². The number of nitrogen functional groups attached to an aromatic ring is 1. The van der Waals surface area contributed by atoms with Crippen molar-refractivity contribution in [2.45, 2.75) is 38.0 Å². The number of sulfonamides is 1. The maximum atomic E-state index is 12.5. The number of hydrogen-bond donors (Lipinski definition) is 1. The van der Waals surface area contributed by atoms with Crippen molar-refractivity contribution >= 4 is 15.7 Å². The van der Waals surface area contributed by atoms with Crippen molar-refractivity contribution in [2.24, 2.45) is 5.92 Å². The Labute approximate surface area is 115 Å². The number of nitrogens with zero attached hydrogens (tertiary/aromatic N) is 1. The molecule has 0 radical (unpaired) electrons. The van der Waals surface area contributed by atoms with Gasteiger partial charge in [-0.3, -0.25) is 0 Å². The van der Waals surface area contributed by atoms with Crippen LogP contribution in [0.4, 0.5) is 5.69 Å². The van der Waals surface area contributed by atoms with Gasteiger partial charge in [0.2, 0.25) is 10.0 Å². The second kappa shape index (κ2) is 5.51. The van der Waals surface area contributed by atoms with E-state index in [1.165, 1.54) is 0 Å². The highest BCUT2D eigenvalue weighted by molar-refractivity contribution is 7.89. The molecule has 1 fully saturated rings. The maximum Gasteiger partial charge on any atom is 0.243 e. The summed E-state index contributed by atoms with van der Waals surface area (Å²) in [5.41, 5.74) is 7.45. The molecule has 0 atom stereocenters. The van der Waals surface area contributed by atoms with E-state index in [2.05, 4.69) is 0 Å². The van der Waals surface area contributed by atoms with Gasteiger partial charge in [0, 0.05) is 18.8 Å². The normalized spacial score (nSPS) is 15.9. The van der Waals surface area contributed by atoms with Crippen LogP contribution in [0.15, 0.2) is 23.1 Å². The maximum absolute atomic E-state index is 12.5. The molecule has 19 heavy (non-hydrogen) atoms. The Morgan fingerprint density at radius 3 is 2.47 bits per heavy atom. The third-order valence-corrected chi connectivity index (χ3v) is 5.58. The third kappa shape index (κ3) is 3.09. The van der Waals surface area contributed by atoms with Gasteiger partial charge in [-0.15, -0.1) is 0 Å². The van der Waals surface area contributed by atoms with E-state index in [4.69, 9.17) is 5.73 Å². The van der Waals surface area contributed by atoms with Crippen LogP contribution in [0.3, 0.4) is 0 Å². The summed E-state index contributed by atoms with van der Waals surface area (Å²) >= 11 is 0.